The monoisotopic (exact) mass is 179 g/mol. The molecule has 0 bridgehead atoms. The van der Waals surface area contributed by atoms with E-state index < -0.39 is 0 Å². The van der Waals surface area contributed by atoms with Gasteiger partial charge >= 0.3 is 0 Å². The van der Waals surface area contributed by atoms with Crippen molar-refractivity contribution in [1.82, 2.24) is 9.55 Å². The fraction of sp³-hybridized carbons (Fsp3) is 0.556. The molecule has 0 aliphatic heterocycles. The largest absolute Gasteiger partial charge is 0.332 e. The Bertz CT molecular complexity index is 338. The number of hydrogen-bond donors (Lipinski definition) is 1. The number of aryl methyl sites for hydroxylation is 1. The number of ketones is 1. The van der Waals surface area contributed by atoms with Gasteiger partial charge in [-0.15, -0.1) is 0 Å². The summed E-state index contributed by atoms with van der Waals surface area (Å²) >= 11 is 0. The van der Waals surface area contributed by atoms with Crippen LogP contribution < -0.4 is 5.73 Å². The fourth-order valence-corrected chi connectivity index (χ4v) is 1.37. The molecule has 0 unspecified atom stereocenters. The van der Waals surface area contributed by atoms with Gasteiger partial charge in [-0.2, -0.15) is 0 Å². The molecule has 70 valence electrons. The fourth-order valence-electron chi connectivity index (χ4n) is 1.37. The number of rotatable bonds is 3. The van der Waals surface area contributed by atoms with Gasteiger partial charge in [0.1, 0.15) is 0 Å². The Hall–Kier alpha value is -1.16. The number of nitrogens with two attached hydrogens (primary N) is 1. The Kier molecular flexibility index (Phi) is 1.73. The van der Waals surface area contributed by atoms with Gasteiger partial charge in [-0.05, 0) is 12.8 Å². The number of nitrogens with zero attached hydrogens (tertiary/aromatic N) is 2. The SMILES string of the molecule is Cn1ccnc1C(=O)CC1(N)CC1. The van der Waals surface area contributed by atoms with Crippen molar-refractivity contribution in [1.29, 1.82) is 0 Å². The van der Waals surface area contributed by atoms with Crippen LogP contribution >= 0.6 is 0 Å². The third-order valence-corrected chi connectivity index (χ3v) is 2.48. The van der Waals surface area contributed by atoms with Gasteiger partial charge in [0.2, 0.25) is 0 Å². The van der Waals surface area contributed by atoms with E-state index >= 15 is 0 Å². The normalized spacial score (nSPS) is 18.6. The quantitative estimate of drug-likeness (QED) is 0.687. The first kappa shape index (κ1) is 8.44. The number of carbonyl (C=O) groups excluding carboxylic acids is 1. The van der Waals surface area contributed by atoms with Crippen LogP contribution in [-0.2, 0) is 7.05 Å². The molecule has 1 heterocycles. The molecule has 0 saturated heterocycles. The lowest BCUT2D eigenvalue weighted by Crippen LogP contribution is -2.26. The summed E-state index contributed by atoms with van der Waals surface area (Å²) in [7, 11) is 1.82. The Balaban J connectivity index is 2.09. The minimum Gasteiger partial charge on any atom is -0.332 e. The molecule has 0 atom stereocenters. The molecule has 1 saturated carbocycles. The molecule has 2 N–H and O–H groups in total. The van der Waals surface area contributed by atoms with Gasteiger partial charge in [-0.25, -0.2) is 4.98 Å². The average Bonchev–Trinajstić information content (AvgIpc) is 2.63. The minimum atomic E-state index is -0.219. The van der Waals surface area contributed by atoms with E-state index in [1.807, 2.05) is 7.05 Å². The Morgan fingerprint density at radius 2 is 2.46 bits per heavy atom. The summed E-state index contributed by atoms with van der Waals surface area (Å²) in [5, 5.41) is 0. The molecule has 2 rings (SSSR count). The van der Waals surface area contributed by atoms with E-state index in [0.29, 0.717) is 12.2 Å². The van der Waals surface area contributed by atoms with Gasteiger partial charge < -0.3 is 10.3 Å². The minimum absolute atomic E-state index is 0.0486. The Morgan fingerprint density at radius 3 is 2.92 bits per heavy atom. The first-order chi connectivity index (χ1) is 6.11. The summed E-state index contributed by atoms with van der Waals surface area (Å²) in [6.45, 7) is 0. The van der Waals surface area contributed by atoms with Crippen molar-refractivity contribution in [2.45, 2.75) is 24.8 Å². The number of hydrogen-bond acceptors (Lipinski definition) is 3. The predicted octanol–water partition coefficient (Wildman–Crippen LogP) is 0.484. The van der Waals surface area contributed by atoms with Crippen LogP contribution in [0, 0.1) is 0 Å². The summed E-state index contributed by atoms with van der Waals surface area (Å²) < 4.78 is 1.73. The molecule has 1 aromatic heterocycles. The van der Waals surface area contributed by atoms with Gasteiger partial charge in [-0.1, -0.05) is 0 Å². The van der Waals surface area contributed by atoms with Crippen LogP contribution in [0.5, 0.6) is 0 Å². The van der Waals surface area contributed by atoms with Gasteiger partial charge in [0.05, 0.1) is 0 Å². The summed E-state index contributed by atoms with van der Waals surface area (Å²) in [4.78, 5) is 15.6. The van der Waals surface area contributed by atoms with Crippen LogP contribution in [0.1, 0.15) is 29.9 Å². The molecule has 4 nitrogen and oxygen atoms in total. The van der Waals surface area contributed by atoms with Crippen molar-refractivity contribution in [2.24, 2.45) is 12.8 Å². The maximum atomic E-state index is 11.6. The zero-order valence-corrected chi connectivity index (χ0v) is 7.66. The van der Waals surface area contributed by atoms with Crippen LogP contribution in [0.4, 0.5) is 0 Å². The smallest absolute Gasteiger partial charge is 0.200 e. The standard InChI is InChI=1S/C9H13N3O/c1-12-5-4-11-8(12)7(13)6-9(10)2-3-9/h4-5H,2-3,6,10H2,1H3. The van der Waals surface area contributed by atoms with E-state index in [4.69, 9.17) is 5.73 Å². The Labute approximate surface area is 76.8 Å². The summed E-state index contributed by atoms with van der Waals surface area (Å²) in [6, 6.07) is 0. The molecule has 1 aliphatic carbocycles. The third kappa shape index (κ3) is 1.62. The summed E-state index contributed by atoms with van der Waals surface area (Å²) in [5.74, 6) is 0.559. The second kappa shape index (κ2) is 2.67. The molecule has 0 aromatic carbocycles. The van der Waals surface area contributed by atoms with Crippen molar-refractivity contribution in [3.05, 3.63) is 18.2 Å². The van der Waals surface area contributed by atoms with E-state index in [9.17, 15) is 4.79 Å². The lowest BCUT2D eigenvalue weighted by molar-refractivity contribution is 0.0958. The van der Waals surface area contributed by atoms with Crippen LogP contribution in [0.25, 0.3) is 0 Å². The third-order valence-electron chi connectivity index (χ3n) is 2.48. The molecule has 0 amide bonds. The molecule has 1 aliphatic rings. The maximum Gasteiger partial charge on any atom is 0.200 e. The van der Waals surface area contributed by atoms with Crippen molar-refractivity contribution < 1.29 is 4.79 Å². The van der Waals surface area contributed by atoms with E-state index in [1.165, 1.54) is 0 Å². The lowest BCUT2D eigenvalue weighted by atomic mass is 10.1. The van der Waals surface area contributed by atoms with E-state index in [-0.39, 0.29) is 11.3 Å². The van der Waals surface area contributed by atoms with Crippen molar-refractivity contribution >= 4 is 5.78 Å². The highest BCUT2D eigenvalue weighted by molar-refractivity contribution is 5.93. The van der Waals surface area contributed by atoms with Gasteiger partial charge in [0, 0.05) is 31.4 Å². The summed E-state index contributed by atoms with van der Waals surface area (Å²) in [6.07, 6.45) is 5.75. The van der Waals surface area contributed by atoms with Crippen molar-refractivity contribution in [3.8, 4) is 0 Å². The highest BCUT2D eigenvalue weighted by Crippen LogP contribution is 2.36. The number of Topliss-reactive ketones (excluding diaryl/α,β-unsaturated/α-hetero) is 1. The molecule has 0 radical (unpaired) electrons. The lowest BCUT2D eigenvalue weighted by Gasteiger charge is -2.06. The molecular formula is C9H13N3O. The maximum absolute atomic E-state index is 11.6. The number of carbonyl (C=O) groups is 1. The van der Waals surface area contributed by atoms with Crippen molar-refractivity contribution in [2.75, 3.05) is 0 Å². The van der Waals surface area contributed by atoms with E-state index in [0.717, 1.165) is 12.8 Å². The first-order valence-corrected chi connectivity index (χ1v) is 4.40. The number of aromatic nitrogens is 2. The molecule has 13 heavy (non-hydrogen) atoms. The molecule has 1 fully saturated rings. The van der Waals surface area contributed by atoms with Crippen LogP contribution in [0.2, 0.25) is 0 Å². The van der Waals surface area contributed by atoms with Gasteiger partial charge in [0.15, 0.2) is 11.6 Å². The van der Waals surface area contributed by atoms with Crippen molar-refractivity contribution in [3.63, 3.8) is 0 Å². The van der Waals surface area contributed by atoms with Gasteiger partial charge in [-0.3, -0.25) is 4.79 Å². The van der Waals surface area contributed by atoms with Crippen LogP contribution in [-0.4, -0.2) is 20.9 Å². The molecule has 1 aromatic rings. The van der Waals surface area contributed by atoms with Gasteiger partial charge in [0.25, 0.3) is 0 Å². The second-order valence-electron chi connectivity index (χ2n) is 3.82. The number of imidazole rings is 1. The summed E-state index contributed by atoms with van der Waals surface area (Å²) in [5.41, 5.74) is 5.63. The first-order valence-electron chi connectivity index (χ1n) is 4.40. The zero-order chi connectivity index (χ0) is 9.47. The van der Waals surface area contributed by atoms with Crippen LogP contribution in [0.15, 0.2) is 12.4 Å². The highest BCUT2D eigenvalue weighted by Gasteiger charge is 2.40. The predicted molar refractivity (Wildman–Crippen MR) is 48.3 cm³/mol. The van der Waals surface area contributed by atoms with E-state index in [2.05, 4.69) is 4.98 Å². The van der Waals surface area contributed by atoms with Crippen LogP contribution in [0.3, 0.4) is 0 Å². The molecule has 4 heteroatoms. The highest BCUT2D eigenvalue weighted by atomic mass is 16.1. The van der Waals surface area contributed by atoms with E-state index in [1.54, 1.807) is 17.0 Å². The average molecular weight is 179 g/mol. The zero-order valence-electron chi connectivity index (χ0n) is 7.66. The topological polar surface area (TPSA) is 60.9 Å². The second-order valence-corrected chi connectivity index (χ2v) is 3.82. The molecular weight excluding hydrogens is 166 g/mol. The Morgan fingerprint density at radius 1 is 1.77 bits per heavy atom. The molecule has 0 spiro atoms.